The van der Waals surface area contributed by atoms with Crippen LogP contribution in [-0.4, -0.2) is 84.7 Å². The molecule has 3 aliphatic heterocycles. The molecule has 1 fully saturated rings. The van der Waals surface area contributed by atoms with Crippen molar-refractivity contribution in [2.75, 3.05) is 34.4 Å². The third kappa shape index (κ3) is 2.47. The quantitative estimate of drug-likeness (QED) is 0.715. The number of urea groups is 1. The smallest absolute Gasteiger partial charge is 0.497 e. The fourth-order valence-corrected chi connectivity index (χ4v) is 3.21. The fourth-order valence-electron chi connectivity index (χ4n) is 3.21. The summed E-state index contributed by atoms with van der Waals surface area (Å²) in [6, 6.07) is 6.61. The summed E-state index contributed by atoms with van der Waals surface area (Å²) in [6.07, 6.45) is -0.251. The van der Waals surface area contributed by atoms with Gasteiger partial charge < -0.3 is 14.2 Å². The maximum absolute atomic E-state index is 12.5. The molecule has 0 aliphatic carbocycles. The Morgan fingerprint density at radius 2 is 1.88 bits per heavy atom. The monoisotopic (exact) mass is 359 g/mol. The molecule has 9 nitrogen and oxygen atoms in total. The lowest BCUT2D eigenvalue weighted by atomic mass is 10.1. The number of aliphatic imine (C=N–C) groups is 1. The minimum atomic E-state index is -0.622. The molecular weight excluding hydrogens is 340 g/mol. The number of amides is 3. The Kier molecular flexibility index (Phi) is 3.78. The number of rotatable bonds is 4. The molecule has 0 saturated carbocycles. The van der Waals surface area contributed by atoms with Crippen molar-refractivity contribution in [2.45, 2.75) is 12.1 Å². The predicted molar refractivity (Wildman–Crippen MR) is 90.6 cm³/mol. The summed E-state index contributed by atoms with van der Waals surface area (Å²) in [4.78, 5) is 31.3. The highest BCUT2D eigenvalue weighted by atomic mass is 16.6. The highest BCUT2D eigenvalue weighted by Gasteiger charge is 2.56. The first-order chi connectivity index (χ1) is 12.5. The molecule has 0 aromatic heterocycles. The number of amidine groups is 2. The van der Waals surface area contributed by atoms with Crippen LogP contribution in [-0.2, 0) is 9.53 Å². The standard InChI is InChI=1S/C17H19N4O5/c1-19-14-13(15(22)20(2)17(19)23)21-8-12(26-16(21)18-14)9-25-11-6-4-10(24-3)5-7-11/h4-7,12-13H,8-9H2,1-3H3/q+1. The Morgan fingerprint density at radius 1 is 1.19 bits per heavy atom. The van der Waals surface area contributed by atoms with Crippen LogP contribution >= 0.6 is 0 Å². The van der Waals surface area contributed by atoms with Crippen molar-refractivity contribution in [2.24, 2.45) is 4.99 Å². The molecule has 26 heavy (non-hydrogen) atoms. The van der Waals surface area contributed by atoms with Crippen LogP contribution in [0.1, 0.15) is 0 Å². The molecule has 9 heteroatoms. The molecule has 0 radical (unpaired) electrons. The molecule has 1 aromatic rings. The van der Waals surface area contributed by atoms with Crippen LogP contribution < -0.4 is 9.47 Å². The van der Waals surface area contributed by atoms with Crippen molar-refractivity contribution in [1.82, 2.24) is 9.80 Å². The van der Waals surface area contributed by atoms with E-state index in [2.05, 4.69) is 4.99 Å². The van der Waals surface area contributed by atoms with E-state index in [1.165, 1.54) is 11.9 Å². The van der Waals surface area contributed by atoms with E-state index in [0.717, 1.165) is 10.6 Å². The van der Waals surface area contributed by atoms with E-state index >= 15 is 0 Å². The number of hydrogen-bond acceptors (Lipinski definition) is 6. The zero-order valence-corrected chi connectivity index (χ0v) is 14.7. The Balaban J connectivity index is 1.43. The normalized spacial score (nSPS) is 24.3. The summed E-state index contributed by atoms with van der Waals surface area (Å²) < 4.78 is 18.4. The summed E-state index contributed by atoms with van der Waals surface area (Å²) in [5, 5.41) is 0. The van der Waals surface area contributed by atoms with Gasteiger partial charge in [-0.05, 0) is 24.3 Å². The van der Waals surface area contributed by atoms with Crippen LogP contribution in [0.5, 0.6) is 11.5 Å². The largest absolute Gasteiger partial charge is 0.497 e. The number of hydrogen-bond donors (Lipinski definition) is 0. The van der Waals surface area contributed by atoms with E-state index in [4.69, 9.17) is 14.2 Å². The molecule has 1 aromatic carbocycles. The number of fused-ring (bicyclic) bond motifs is 2. The second kappa shape index (κ2) is 6.01. The average molecular weight is 359 g/mol. The molecule has 136 valence electrons. The highest BCUT2D eigenvalue weighted by molar-refractivity contribution is 6.22. The van der Waals surface area contributed by atoms with Crippen molar-refractivity contribution in [3.8, 4) is 11.5 Å². The Hall–Kier alpha value is -3.10. The van der Waals surface area contributed by atoms with Crippen LogP contribution in [0.2, 0.25) is 0 Å². The van der Waals surface area contributed by atoms with E-state index in [9.17, 15) is 9.59 Å². The average Bonchev–Trinajstić information content (AvgIpc) is 3.21. The minimum absolute atomic E-state index is 0.251. The van der Waals surface area contributed by atoms with E-state index in [0.29, 0.717) is 30.8 Å². The van der Waals surface area contributed by atoms with Gasteiger partial charge in [0.2, 0.25) is 0 Å². The molecule has 3 amide bonds. The van der Waals surface area contributed by atoms with Crippen molar-refractivity contribution >= 4 is 23.8 Å². The number of carbonyl (C=O) groups is 2. The third-order valence-corrected chi connectivity index (χ3v) is 4.66. The number of nitrogens with zero attached hydrogens (tertiary/aromatic N) is 4. The molecule has 1 saturated heterocycles. The number of benzene rings is 1. The molecular formula is C17H19N4O5+. The van der Waals surface area contributed by atoms with Gasteiger partial charge in [-0.25, -0.2) is 4.79 Å². The van der Waals surface area contributed by atoms with Gasteiger partial charge in [0.05, 0.1) is 7.11 Å². The lowest BCUT2D eigenvalue weighted by Gasteiger charge is -2.30. The third-order valence-electron chi connectivity index (χ3n) is 4.66. The maximum Gasteiger partial charge on any atom is 0.497 e. The molecule has 2 unspecified atom stereocenters. The van der Waals surface area contributed by atoms with Gasteiger partial charge >= 0.3 is 12.1 Å². The molecule has 0 N–H and O–H groups in total. The number of ether oxygens (including phenoxy) is 3. The van der Waals surface area contributed by atoms with Crippen LogP contribution in [0, 0.1) is 0 Å². The van der Waals surface area contributed by atoms with Crippen LogP contribution in [0.15, 0.2) is 29.3 Å². The van der Waals surface area contributed by atoms with Gasteiger partial charge in [-0.15, -0.1) is 0 Å². The van der Waals surface area contributed by atoms with E-state index in [1.54, 1.807) is 18.7 Å². The van der Waals surface area contributed by atoms with Crippen molar-refractivity contribution in [1.29, 1.82) is 0 Å². The van der Waals surface area contributed by atoms with E-state index < -0.39 is 12.1 Å². The van der Waals surface area contributed by atoms with Gasteiger partial charge in [-0.1, -0.05) is 0 Å². The topological polar surface area (TPSA) is 83.7 Å². The number of methoxy groups -OCH3 is 1. The zero-order chi connectivity index (χ0) is 18.4. The predicted octanol–water partition coefficient (Wildman–Crippen LogP) is 0.146. The SMILES string of the molecule is COc1ccc(OCC2C[N+]3=C(N=C4C3C(=O)N(C)C(=O)N4C)O2)cc1. The van der Waals surface area contributed by atoms with Crippen molar-refractivity contribution < 1.29 is 28.4 Å². The molecule has 0 spiro atoms. The van der Waals surface area contributed by atoms with Crippen molar-refractivity contribution in [3.63, 3.8) is 0 Å². The van der Waals surface area contributed by atoms with Gasteiger partial charge in [0.1, 0.15) is 24.7 Å². The number of likely N-dealkylation sites (N-methyl/N-ethyl adjacent to an activating group) is 2. The lowest BCUT2D eigenvalue weighted by molar-refractivity contribution is -0.529. The first kappa shape index (κ1) is 16.4. The lowest BCUT2D eigenvalue weighted by Crippen LogP contribution is -2.61. The Bertz CT molecular complexity index is 832. The molecule has 4 rings (SSSR count). The Morgan fingerprint density at radius 3 is 2.58 bits per heavy atom. The first-order valence-corrected chi connectivity index (χ1v) is 8.20. The molecule has 2 atom stereocenters. The van der Waals surface area contributed by atoms with E-state index in [1.807, 2.05) is 24.3 Å². The summed E-state index contributed by atoms with van der Waals surface area (Å²) in [5.41, 5.74) is 0. The number of carbonyl (C=O) groups excluding carboxylic acids is 2. The maximum atomic E-state index is 12.5. The summed E-state index contributed by atoms with van der Waals surface area (Å²) in [7, 11) is 4.68. The summed E-state index contributed by atoms with van der Waals surface area (Å²) >= 11 is 0. The van der Waals surface area contributed by atoms with Crippen LogP contribution in [0.25, 0.3) is 0 Å². The molecule has 0 bridgehead atoms. The van der Waals surface area contributed by atoms with Gasteiger partial charge in [0.25, 0.3) is 17.8 Å². The van der Waals surface area contributed by atoms with Gasteiger partial charge in [0.15, 0.2) is 6.10 Å². The highest BCUT2D eigenvalue weighted by Crippen LogP contribution is 2.24. The second-order valence-corrected chi connectivity index (χ2v) is 6.27. The molecule has 3 heterocycles. The van der Waals surface area contributed by atoms with Crippen LogP contribution in [0.3, 0.4) is 0 Å². The van der Waals surface area contributed by atoms with Crippen LogP contribution in [0.4, 0.5) is 4.79 Å². The van der Waals surface area contributed by atoms with E-state index in [-0.39, 0.29) is 12.0 Å². The van der Waals surface area contributed by atoms with Gasteiger partial charge in [-0.2, -0.15) is 4.58 Å². The summed E-state index contributed by atoms with van der Waals surface area (Å²) in [5.74, 6) is 1.56. The zero-order valence-electron chi connectivity index (χ0n) is 14.7. The fraction of sp³-hybridized carbons (Fsp3) is 0.412. The Labute approximate surface area is 150 Å². The van der Waals surface area contributed by atoms with Gasteiger partial charge in [0, 0.05) is 19.1 Å². The molecule has 3 aliphatic rings. The summed E-state index contributed by atoms with van der Waals surface area (Å²) in [6.45, 7) is 0.785. The van der Waals surface area contributed by atoms with Gasteiger partial charge in [-0.3, -0.25) is 14.6 Å². The second-order valence-electron chi connectivity index (χ2n) is 6.27. The number of imide groups is 1. The minimum Gasteiger partial charge on any atom is -0.497 e. The van der Waals surface area contributed by atoms with Crippen molar-refractivity contribution in [3.05, 3.63) is 24.3 Å². The first-order valence-electron chi connectivity index (χ1n) is 8.20.